The van der Waals surface area contributed by atoms with Gasteiger partial charge in [0.2, 0.25) is 0 Å². The van der Waals surface area contributed by atoms with Crippen molar-refractivity contribution in [3.8, 4) is 17.6 Å². The fraction of sp³-hybridized carbons (Fsp3) is 0.259. The summed E-state index contributed by atoms with van der Waals surface area (Å²) in [7, 11) is 0. The van der Waals surface area contributed by atoms with E-state index in [1.807, 2.05) is 6.07 Å². The van der Waals surface area contributed by atoms with E-state index in [0.29, 0.717) is 20.8 Å². The third-order valence-corrected chi connectivity index (χ3v) is 7.52. The molecule has 0 unspecified atom stereocenters. The summed E-state index contributed by atoms with van der Waals surface area (Å²) in [6, 6.07) is 9.35. The number of fused-ring (bicyclic) bond motifs is 1. The van der Waals surface area contributed by atoms with Gasteiger partial charge in [-0.3, -0.25) is 9.36 Å². The van der Waals surface area contributed by atoms with Gasteiger partial charge in [-0.2, -0.15) is 18.4 Å². The van der Waals surface area contributed by atoms with Crippen molar-refractivity contribution >= 4 is 50.9 Å². The van der Waals surface area contributed by atoms with E-state index in [4.69, 9.17) is 31.1 Å². The number of thiazole rings is 1. The van der Waals surface area contributed by atoms with Crippen molar-refractivity contribution in [1.82, 2.24) is 4.57 Å². The number of alkyl halides is 3. The number of hydrogen-bond donors (Lipinski definition) is 0. The lowest BCUT2D eigenvalue weighted by Gasteiger charge is -2.26. The van der Waals surface area contributed by atoms with Crippen LogP contribution in [0, 0.1) is 11.3 Å². The minimum absolute atomic E-state index is 0.0504. The molecule has 1 aliphatic heterocycles. The highest BCUT2D eigenvalue weighted by Crippen LogP contribution is 2.39. The second kappa shape index (κ2) is 12.5. The quantitative estimate of drug-likeness (QED) is 0.311. The molecule has 0 saturated carbocycles. The summed E-state index contributed by atoms with van der Waals surface area (Å²) in [5.74, 6) is -0.668. The average Bonchev–Trinajstić information content (AvgIpc) is 3.22. The number of hydrogen-bond acceptors (Lipinski definition) is 8. The van der Waals surface area contributed by atoms with Gasteiger partial charge >= 0.3 is 12.1 Å². The first-order chi connectivity index (χ1) is 19.5. The highest BCUT2D eigenvalue weighted by Gasteiger charge is 2.45. The maximum absolute atomic E-state index is 14.3. The Morgan fingerprint density at radius 1 is 1.22 bits per heavy atom. The van der Waals surface area contributed by atoms with Crippen LogP contribution in [0.4, 0.5) is 13.2 Å². The van der Waals surface area contributed by atoms with Crippen molar-refractivity contribution < 1.29 is 32.2 Å². The number of carbonyl (C=O) groups is 1. The molecule has 0 radical (unpaired) electrons. The van der Waals surface area contributed by atoms with Gasteiger partial charge < -0.3 is 14.2 Å². The average molecular weight is 671 g/mol. The lowest BCUT2D eigenvalue weighted by molar-refractivity contribution is -0.140. The summed E-state index contributed by atoms with van der Waals surface area (Å²) in [4.78, 5) is 30.2. The molecule has 0 spiro atoms. The zero-order chi connectivity index (χ0) is 29.9. The molecule has 2 aromatic carbocycles. The van der Waals surface area contributed by atoms with Gasteiger partial charge in [0.15, 0.2) is 28.6 Å². The number of esters is 1. The smallest absolute Gasteiger partial charge is 0.434 e. The number of ether oxygens (including phenoxy) is 3. The lowest BCUT2D eigenvalue weighted by Crippen LogP contribution is -2.41. The van der Waals surface area contributed by atoms with E-state index in [1.165, 1.54) is 37.3 Å². The van der Waals surface area contributed by atoms with Gasteiger partial charge in [0.05, 0.1) is 33.8 Å². The molecule has 0 aliphatic carbocycles. The Hall–Kier alpha value is -3.60. The van der Waals surface area contributed by atoms with Gasteiger partial charge in [-0.05, 0) is 71.2 Å². The summed E-state index contributed by atoms with van der Waals surface area (Å²) in [6.45, 7) is 3.08. The number of benzene rings is 2. The van der Waals surface area contributed by atoms with Gasteiger partial charge in [0, 0.05) is 5.02 Å². The molecule has 1 aromatic heterocycles. The highest BCUT2D eigenvalue weighted by atomic mass is 79.9. The van der Waals surface area contributed by atoms with Crippen molar-refractivity contribution in [2.75, 3.05) is 19.8 Å². The van der Waals surface area contributed by atoms with E-state index in [-0.39, 0.29) is 40.5 Å². The van der Waals surface area contributed by atoms with Crippen LogP contribution in [0.3, 0.4) is 0 Å². The molecule has 14 heteroatoms. The van der Waals surface area contributed by atoms with Crippen LogP contribution in [0.5, 0.6) is 11.5 Å². The fourth-order valence-electron chi connectivity index (χ4n) is 4.13. The molecule has 0 amide bonds. The molecule has 214 valence electrons. The van der Waals surface area contributed by atoms with Crippen molar-refractivity contribution in [1.29, 1.82) is 5.26 Å². The lowest BCUT2D eigenvalue weighted by atomic mass is 9.95. The Labute approximate surface area is 248 Å². The topological polar surface area (TPSA) is 103 Å². The monoisotopic (exact) mass is 669 g/mol. The van der Waals surface area contributed by atoms with Crippen LogP contribution >= 0.6 is 38.9 Å². The predicted octanol–water partition coefficient (Wildman–Crippen LogP) is 5.06. The second-order valence-corrected chi connectivity index (χ2v) is 10.6. The van der Waals surface area contributed by atoms with Crippen LogP contribution in [-0.2, 0) is 9.53 Å². The summed E-state index contributed by atoms with van der Waals surface area (Å²) in [5, 5.41) is 9.19. The molecule has 41 heavy (non-hydrogen) atoms. The minimum Gasteiger partial charge on any atom is -0.490 e. The van der Waals surface area contributed by atoms with Crippen molar-refractivity contribution in [2.24, 2.45) is 4.99 Å². The Kier molecular flexibility index (Phi) is 9.26. The van der Waals surface area contributed by atoms with E-state index >= 15 is 0 Å². The first-order valence-corrected chi connectivity index (χ1v) is 14.0. The molecule has 0 fully saturated rings. The number of halogens is 5. The molecule has 0 bridgehead atoms. The molecule has 2 heterocycles. The number of allylic oxidation sites excluding steroid dienone is 1. The van der Waals surface area contributed by atoms with E-state index in [9.17, 15) is 22.8 Å². The summed E-state index contributed by atoms with van der Waals surface area (Å²) < 4.78 is 60.3. The molecule has 8 nitrogen and oxygen atoms in total. The van der Waals surface area contributed by atoms with Gasteiger partial charge in [-0.15, -0.1) is 0 Å². The first kappa shape index (κ1) is 30.4. The zero-order valence-electron chi connectivity index (χ0n) is 21.4. The van der Waals surface area contributed by atoms with E-state index < -0.39 is 35.0 Å². The molecule has 0 N–H and O–H groups in total. The maximum atomic E-state index is 14.3. The highest BCUT2D eigenvalue weighted by molar-refractivity contribution is 9.10. The first-order valence-electron chi connectivity index (χ1n) is 12.0. The number of carbonyl (C=O) groups excluding carboxylic acids is 1. The summed E-state index contributed by atoms with van der Waals surface area (Å²) in [5.41, 5.74) is -2.25. The Bertz CT molecular complexity index is 1740. The molecule has 1 atom stereocenters. The number of rotatable bonds is 8. The normalized spacial score (nSPS) is 15.2. The third-order valence-electron chi connectivity index (χ3n) is 5.69. The molecular weight excluding hydrogens is 651 g/mol. The van der Waals surface area contributed by atoms with E-state index in [2.05, 4.69) is 20.9 Å². The van der Waals surface area contributed by atoms with Crippen molar-refractivity contribution in [3.63, 3.8) is 0 Å². The van der Waals surface area contributed by atoms with E-state index in [0.717, 1.165) is 15.9 Å². The van der Waals surface area contributed by atoms with Crippen molar-refractivity contribution in [2.45, 2.75) is 26.1 Å². The van der Waals surface area contributed by atoms with E-state index in [1.54, 1.807) is 19.1 Å². The van der Waals surface area contributed by atoms with Gasteiger partial charge in [-0.25, -0.2) is 9.79 Å². The van der Waals surface area contributed by atoms with Crippen molar-refractivity contribution in [3.05, 3.63) is 88.0 Å². The number of nitrogens with zero attached hydrogens (tertiary/aromatic N) is 3. The van der Waals surface area contributed by atoms with Gasteiger partial charge in [-0.1, -0.05) is 35.1 Å². The van der Waals surface area contributed by atoms with Gasteiger partial charge in [0.25, 0.3) is 5.56 Å². The summed E-state index contributed by atoms with van der Waals surface area (Å²) in [6.07, 6.45) is -3.55. The molecular formula is C27H20BrClF3N3O5S. The fourth-order valence-corrected chi connectivity index (χ4v) is 5.83. The Morgan fingerprint density at radius 3 is 2.54 bits per heavy atom. The molecule has 0 saturated heterocycles. The number of aromatic nitrogens is 1. The minimum atomic E-state index is -5.02. The van der Waals surface area contributed by atoms with Crippen LogP contribution in [0.25, 0.3) is 6.08 Å². The third kappa shape index (κ3) is 6.34. The van der Waals surface area contributed by atoms with Crippen LogP contribution < -0.4 is 24.4 Å². The van der Waals surface area contributed by atoms with Gasteiger partial charge in [0.1, 0.15) is 6.07 Å². The number of nitriles is 1. The predicted molar refractivity (Wildman–Crippen MR) is 149 cm³/mol. The zero-order valence-corrected chi connectivity index (χ0v) is 24.6. The SMILES string of the molecule is CCOC(=O)C1=C(C(F)(F)F)N=c2s/c(=C\c3cc(Br)c(OCC#N)c(OCC)c3)c(=O)n2[C@@H]1c1ccc(Cl)cc1. The molecule has 4 rings (SSSR count). The Balaban J connectivity index is 1.99. The second-order valence-electron chi connectivity index (χ2n) is 8.32. The van der Waals surface area contributed by atoms with Crippen LogP contribution in [0.2, 0.25) is 5.02 Å². The van der Waals surface area contributed by atoms with Crippen LogP contribution in [-0.4, -0.2) is 36.5 Å². The maximum Gasteiger partial charge on any atom is 0.434 e. The largest absolute Gasteiger partial charge is 0.490 e. The summed E-state index contributed by atoms with van der Waals surface area (Å²) >= 11 is 10.1. The Morgan fingerprint density at radius 2 is 1.93 bits per heavy atom. The standard InChI is InChI=1S/C27H20BrClF3N3O5S/c1-3-38-18-12-14(11-17(28)22(18)40-10-9-33)13-19-24(36)35-21(15-5-7-16(29)8-6-15)20(25(37)39-4-2)23(27(30,31)32)34-26(35)41-19/h5-8,11-13,21H,3-4,10H2,1-2H3/b19-13-/t21-/m1/s1. The molecule has 3 aromatic rings. The molecule has 1 aliphatic rings. The van der Waals surface area contributed by atoms with Crippen LogP contribution in [0.1, 0.15) is 31.0 Å². The van der Waals surface area contributed by atoms with Crippen LogP contribution in [0.15, 0.2) is 61.9 Å².